The molecule has 68 valence electrons. The van der Waals surface area contributed by atoms with E-state index in [9.17, 15) is 9.59 Å². The fourth-order valence-corrected chi connectivity index (χ4v) is 2.33. The van der Waals surface area contributed by atoms with Crippen LogP contribution in [0.3, 0.4) is 0 Å². The molecule has 1 aliphatic heterocycles. The lowest BCUT2D eigenvalue weighted by Crippen LogP contribution is -2.27. The fraction of sp³-hybridized carbons (Fsp3) is 0.750. The zero-order chi connectivity index (χ0) is 8.97. The number of carbonyl (C=O) groups is 2. The number of hydrogen-bond donors (Lipinski definition) is 0. The molecule has 0 saturated carbocycles. The molecule has 1 aliphatic rings. The average Bonchev–Trinajstić information content (AvgIpc) is 2.17. The molecule has 0 unspecified atom stereocenters. The molecule has 0 bridgehead atoms. The third-order valence-corrected chi connectivity index (χ3v) is 3.03. The van der Waals surface area contributed by atoms with E-state index in [4.69, 9.17) is 0 Å². The molecule has 0 aromatic heterocycles. The van der Waals surface area contributed by atoms with Crippen LogP contribution in [-0.4, -0.2) is 30.4 Å². The first-order valence-electron chi connectivity index (χ1n) is 3.95. The Kier molecular flexibility index (Phi) is 3.59. The maximum Gasteiger partial charge on any atom is 0.374 e. The van der Waals surface area contributed by atoms with Crippen LogP contribution in [0.15, 0.2) is 0 Å². The van der Waals surface area contributed by atoms with E-state index in [0.717, 1.165) is 24.3 Å². The smallest absolute Gasteiger partial charge is 0.374 e. The van der Waals surface area contributed by atoms with E-state index in [1.165, 1.54) is 7.11 Å². The van der Waals surface area contributed by atoms with E-state index < -0.39 is 5.97 Å². The van der Waals surface area contributed by atoms with E-state index in [0.29, 0.717) is 0 Å². The summed E-state index contributed by atoms with van der Waals surface area (Å²) in [6.07, 6.45) is 1.64. The third kappa shape index (κ3) is 2.24. The van der Waals surface area contributed by atoms with Gasteiger partial charge in [0.2, 0.25) is 5.78 Å². The lowest BCUT2D eigenvalue weighted by Gasteiger charge is -2.18. The van der Waals surface area contributed by atoms with Gasteiger partial charge in [-0.15, -0.1) is 0 Å². The maximum absolute atomic E-state index is 11.2. The van der Waals surface area contributed by atoms with Crippen LogP contribution in [0.4, 0.5) is 0 Å². The van der Waals surface area contributed by atoms with Crippen LogP contribution >= 0.6 is 11.8 Å². The molecule has 4 heteroatoms. The summed E-state index contributed by atoms with van der Waals surface area (Å²) in [6.45, 7) is 0. The van der Waals surface area contributed by atoms with E-state index in [-0.39, 0.29) is 11.7 Å². The topological polar surface area (TPSA) is 43.4 Å². The number of hydrogen-bond acceptors (Lipinski definition) is 4. The van der Waals surface area contributed by atoms with Crippen LogP contribution in [-0.2, 0) is 14.3 Å². The summed E-state index contributed by atoms with van der Waals surface area (Å²) in [5, 5.41) is 0. The summed E-state index contributed by atoms with van der Waals surface area (Å²) in [5.74, 6) is 0.837. The van der Waals surface area contributed by atoms with Crippen molar-refractivity contribution in [3.05, 3.63) is 0 Å². The van der Waals surface area contributed by atoms with Crippen molar-refractivity contribution in [2.75, 3.05) is 18.6 Å². The molecule has 1 rings (SSSR count). The molecule has 0 atom stereocenters. The van der Waals surface area contributed by atoms with Crippen molar-refractivity contribution in [3.63, 3.8) is 0 Å². The second-order valence-corrected chi connectivity index (χ2v) is 3.97. The minimum Gasteiger partial charge on any atom is -0.463 e. The second-order valence-electron chi connectivity index (χ2n) is 2.74. The highest BCUT2D eigenvalue weighted by molar-refractivity contribution is 7.99. The monoisotopic (exact) mass is 188 g/mol. The fourth-order valence-electron chi connectivity index (χ4n) is 1.23. The van der Waals surface area contributed by atoms with Crippen molar-refractivity contribution in [3.8, 4) is 0 Å². The minimum absolute atomic E-state index is 0.0845. The van der Waals surface area contributed by atoms with Gasteiger partial charge >= 0.3 is 5.97 Å². The van der Waals surface area contributed by atoms with Crippen molar-refractivity contribution in [2.24, 2.45) is 5.92 Å². The summed E-state index contributed by atoms with van der Waals surface area (Å²) in [4.78, 5) is 22.1. The van der Waals surface area contributed by atoms with Crippen molar-refractivity contribution in [2.45, 2.75) is 12.8 Å². The molecule has 0 radical (unpaired) electrons. The molecule has 0 aromatic carbocycles. The van der Waals surface area contributed by atoms with Gasteiger partial charge in [0.1, 0.15) is 0 Å². The van der Waals surface area contributed by atoms with Crippen LogP contribution in [0, 0.1) is 5.92 Å². The largest absolute Gasteiger partial charge is 0.463 e. The summed E-state index contributed by atoms with van der Waals surface area (Å²) < 4.78 is 4.37. The molecule has 0 N–H and O–H groups in total. The van der Waals surface area contributed by atoms with Gasteiger partial charge < -0.3 is 4.74 Å². The van der Waals surface area contributed by atoms with Gasteiger partial charge in [-0.25, -0.2) is 4.79 Å². The Balaban J connectivity index is 2.45. The standard InChI is InChI=1S/C8H12O3S/c1-11-8(10)7(9)6-2-4-12-5-3-6/h6H,2-5H2,1H3. The normalized spacial score (nSPS) is 18.8. The molecule has 0 aliphatic carbocycles. The SMILES string of the molecule is COC(=O)C(=O)C1CCSCC1. The Morgan fingerprint density at radius 2 is 1.92 bits per heavy atom. The molecule has 1 heterocycles. The number of ether oxygens (including phenoxy) is 1. The molecular weight excluding hydrogens is 176 g/mol. The Hall–Kier alpha value is -0.510. The number of ketones is 1. The van der Waals surface area contributed by atoms with Crippen LogP contribution in [0.1, 0.15) is 12.8 Å². The number of thioether (sulfide) groups is 1. The molecule has 1 fully saturated rings. The van der Waals surface area contributed by atoms with Gasteiger partial charge in [-0.05, 0) is 24.3 Å². The first kappa shape index (κ1) is 9.58. The zero-order valence-corrected chi connectivity index (χ0v) is 7.86. The van der Waals surface area contributed by atoms with Gasteiger partial charge in [-0.3, -0.25) is 4.79 Å². The van der Waals surface area contributed by atoms with E-state index in [1.807, 2.05) is 11.8 Å². The van der Waals surface area contributed by atoms with Gasteiger partial charge in [0.15, 0.2) is 0 Å². The number of esters is 1. The molecular formula is C8H12O3S. The number of Topliss-reactive ketones (excluding diaryl/α,β-unsaturated/α-hetero) is 1. The predicted molar refractivity (Wildman–Crippen MR) is 47.1 cm³/mol. The Morgan fingerprint density at radius 3 is 2.42 bits per heavy atom. The number of methoxy groups -OCH3 is 1. The van der Waals surface area contributed by atoms with Crippen LogP contribution in [0.25, 0.3) is 0 Å². The molecule has 0 amide bonds. The predicted octanol–water partition coefficient (Wildman–Crippen LogP) is 0.872. The number of carbonyl (C=O) groups excluding carboxylic acids is 2. The van der Waals surface area contributed by atoms with Crippen LogP contribution in [0.2, 0.25) is 0 Å². The van der Waals surface area contributed by atoms with Crippen LogP contribution < -0.4 is 0 Å². The quantitative estimate of drug-likeness (QED) is 0.476. The van der Waals surface area contributed by atoms with Crippen molar-refractivity contribution in [1.29, 1.82) is 0 Å². The Labute approximate surface area is 75.8 Å². The molecule has 1 saturated heterocycles. The van der Waals surface area contributed by atoms with Crippen molar-refractivity contribution < 1.29 is 14.3 Å². The van der Waals surface area contributed by atoms with E-state index in [1.54, 1.807) is 0 Å². The molecule has 12 heavy (non-hydrogen) atoms. The highest BCUT2D eigenvalue weighted by Crippen LogP contribution is 2.23. The lowest BCUT2D eigenvalue weighted by atomic mass is 9.98. The van der Waals surface area contributed by atoms with Gasteiger partial charge in [0, 0.05) is 5.92 Å². The van der Waals surface area contributed by atoms with Gasteiger partial charge in [-0.1, -0.05) is 0 Å². The Morgan fingerprint density at radius 1 is 1.33 bits per heavy atom. The Bertz CT molecular complexity index is 185. The second kappa shape index (κ2) is 4.50. The first-order chi connectivity index (χ1) is 5.75. The summed E-state index contributed by atoms with van der Waals surface area (Å²) in [7, 11) is 1.25. The zero-order valence-electron chi connectivity index (χ0n) is 7.04. The summed E-state index contributed by atoms with van der Waals surface area (Å²) in [6, 6.07) is 0. The highest BCUT2D eigenvalue weighted by Gasteiger charge is 2.27. The minimum atomic E-state index is -0.688. The molecule has 0 spiro atoms. The van der Waals surface area contributed by atoms with E-state index in [2.05, 4.69) is 4.74 Å². The summed E-state index contributed by atoms with van der Waals surface area (Å²) >= 11 is 1.83. The first-order valence-corrected chi connectivity index (χ1v) is 5.11. The molecule has 3 nitrogen and oxygen atoms in total. The van der Waals surface area contributed by atoms with Crippen molar-refractivity contribution >= 4 is 23.5 Å². The molecule has 0 aromatic rings. The van der Waals surface area contributed by atoms with Gasteiger partial charge in [0.25, 0.3) is 0 Å². The third-order valence-electron chi connectivity index (χ3n) is 1.98. The maximum atomic E-state index is 11.2. The lowest BCUT2D eigenvalue weighted by molar-refractivity contribution is -0.153. The summed E-state index contributed by atoms with van der Waals surface area (Å²) in [5.41, 5.74) is 0. The van der Waals surface area contributed by atoms with Gasteiger partial charge in [0.05, 0.1) is 7.11 Å². The average molecular weight is 188 g/mol. The van der Waals surface area contributed by atoms with E-state index >= 15 is 0 Å². The van der Waals surface area contributed by atoms with Crippen LogP contribution in [0.5, 0.6) is 0 Å². The van der Waals surface area contributed by atoms with Crippen molar-refractivity contribution in [1.82, 2.24) is 0 Å². The number of rotatable bonds is 2. The highest BCUT2D eigenvalue weighted by atomic mass is 32.2. The van der Waals surface area contributed by atoms with Gasteiger partial charge in [-0.2, -0.15) is 11.8 Å².